The number of methoxy groups -OCH3 is 1. The minimum absolute atomic E-state index is 0.0210. The van der Waals surface area contributed by atoms with Gasteiger partial charge in [-0.05, 0) is 0 Å². The molecule has 1 rings (SSSR count). The second kappa shape index (κ2) is 35.1. The van der Waals surface area contributed by atoms with Crippen LogP contribution >= 0.6 is 0 Å². The molecule has 0 aromatic heterocycles. The maximum Gasteiger partial charge on any atom is 0.253 e. The summed E-state index contributed by atoms with van der Waals surface area (Å²) in [4.78, 5) is 24.2. The van der Waals surface area contributed by atoms with E-state index in [4.69, 9.17) is 68.4 Å². The third kappa shape index (κ3) is 29.4. The van der Waals surface area contributed by atoms with Crippen LogP contribution in [0.15, 0.2) is 24.0 Å². The Balaban J connectivity index is 1.69. The van der Waals surface area contributed by atoms with E-state index in [1.54, 1.807) is 7.11 Å². The molecular formula is C32H60N4O14. The number of hydrogen-bond acceptors (Lipinski definition) is 17. The van der Waals surface area contributed by atoms with Gasteiger partial charge in [-0.25, -0.2) is 5.84 Å². The molecule has 0 aromatic carbocycles. The summed E-state index contributed by atoms with van der Waals surface area (Å²) in [6.07, 6.45) is 3.87. The summed E-state index contributed by atoms with van der Waals surface area (Å²) in [7, 11) is 1.64. The molecule has 18 heteroatoms. The van der Waals surface area contributed by atoms with Crippen LogP contribution in [0.25, 0.3) is 0 Å². The molecule has 18 nitrogen and oxygen atoms in total. The number of nitrogens with zero attached hydrogens (tertiary/aromatic N) is 2. The predicted molar refractivity (Wildman–Crippen MR) is 180 cm³/mol. The van der Waals surface area contributed by atoms with Gasteiger partial charge < -0.3 is 67.6 Å². The van der Waals surface area contributed by atoms with E-state index in [1.807, 2.05) is 0 Å². The van der Waals surface area contributed by atoms with Crippen LogP contribution < -0.4 is 11.6 Å². The van der Waals surface area contributed by atoms with Gasteiger partial charge in [0.2, 0.25) is 0 Å². The second-order valence-electron chi connectivity index (χ2n) is 10.3. The summed E-state index contributed by atoms with van der Waals surface area (Å²) in [5.41, 5.74) is 6.14. The van der Waals surface area contributed by atoms with E-state index in [1.165, 1.54) is 23.4 Å². The van der Waals surface area contributed by atoms with Crippen molar-refractivity contribution < 1.29 is 66.4 Å². The molecule has 0 saturated heterocycles. The molecule has 0 saturated carbocycles. The molecule has 4 N–H and O–H groups in total. The van der Waals surface area contributed by atoms with E-state index < -0.39 is 11.8 Å². The van der Waals surface area contributed by atoms with Crippen molar-refractivity contribution in [3.63, 3.8) is 0 Å². The average Bonchev–Trinajstić information content (AvgIpc) is 3.42. The molecule has 0 bridgehead atoms. The number of imide groups is 1. The normalized spacial score (nSPS) is 13.3. The molecule has 0 spiro atoms. The van der Waals surface area contributed by atoms with Crippen molar-refractivity contribution in [2.75, 3.05) is 172 Å². The van der Waals surface area contributed by atoms with Gasteiger partial charge in [-0.2, -0.15) is 0 Å². The standard InChI is InChI=1S/C32H60N4O14/c1-39-6-7-41-10-11-43-14-15-45-18-19-47-22-23-49-26-27-50-25-24-48-21-20-46-17-16-44-13-12-42-9-8-40-5-4-35(34)28-30(33)29-36-31(37)2-3-32(36)38/h2-3,28H,4-27,29,33-34H2,1H3/b30-28-. The second-order valence-corrected chi connectivity index (χ2v) is 10.3. The summed E-state index contributed by atoms with van der Waals surface area (Å²) in [6, 6.07) is 0. The van der Waals surface area contributed by atoms with Crippen molar-refractivity contribution in [1.29, 1.82) is 0 Å². The lowest BCUT2D eigenvalue weighted by Crippen LogP contribution is -2.36. The van der Waals surface area contributed by atoms with Gasteiger partial charge in [-0.3, -0.25) is 14.5 Å². The minimum Gasteiger partial charge on any atom is -0.399 e. The molecular weight excluding hydrogens is 664 g/mol. The number of amides is 2. The maximum atomic E-state index is 11.6. The zero-order valence-corrected chi connectivity index (χ0v) is 29.7. The summed E-state index contributed by atoms with van der Waals surface area (Å²) >= 11 is 0. The Morgan fingerprint density at radius 1 is 0.520 bits per heavy atom. The fourth-order valence-corrected chi connectivity index (χ4v) is 3.70. The molecule has 1 heterocycles. The topological polar surface area (TPSA) is 203 Å². The van der Waals surface area contributed by atoms with Crippen molar-refractivity contribution in [3.05, 3.63) is 24.0 Å². The molecule has 0 atom stereocenters. The lowest BCUT2D eigenvalue weighted by Gasteiger charge is -2.18. The highest BCUT2D eigenvalue weighted by Gasteiger charge is 2.23. The van der Waals surface area contributed by atoms with E-state index in [-0.39, 0.29) is 12.2 Å². The van der Waals surface area contributed by atoms with Crippen molar-refractivity contribution in [3.8, 4) is 0 Å². The highest BCUT2D eigenvalue weighted by Crippen LogP contribution is 2.05. The van der Waals surface area contributed by atoms with Gasteiger partial charge in [0.1, 0.15) is 0 Å². The van der Waals surface area contributed by atoms with Crippen LogP contribution in [-0.4, -0.2) is 194 Å². The molecule has 0 fully saturated rings. The first-order valence-corrected chi connectivity index (χ1v) is 16.9. The number of carbonyl (C=O) groups excluding carboxylic acids is 2. The first-order chi connectivity index (χ1) is 24.5. The highest BCUT2D eigenvalue weighted by atomic mass is 16.6. The predicted octanol–water partition coefficient (Wildman–Crippen LogP) is -1.28. The van der Waals surface area contributed by atoms with Crippen LogP contribution in [-0.2, 0) is 66.4 Å². The van der Waals surface area contributed by atoms with Gasteiger partial charge in [0, 0.05) is 31.2 Å². The van der Waals surface area contributed by atoms with Crippen LogP contribution in [0.3, 0.4) is 0 Å². The molecule has 2 amide bonds. The number of hydrazine groups is 1. The van der Waals surface area contributed by atoms with Crippen molar-refractivity contribution in [1.82, 2.24) is 9.91 Å². The Kier molecular flexibility index (Phi) is 32.1. The van der Waals surface area contributed by atoms with E-state index in [0.717, 1.165) is 4.90 Å². The maximum absolute atomic E-state index is 11.6. The molecule has 1 aliphatic heterocycles. The van der Waals surface area contributed by atoms with Gasteiger partial charge in [-0.15, -0.1) is 0 Å². The largest absolute Gasteiger partial charge is 0.399 e. The molecule has 0 unspecified atom stereocenters. The fourth-order valence-electron chi connectivity index (χ4n) is 3.70. The van der Waals surface area contributed by atoms with Crippen molar-refractivity contribution >= 4 is 11.8 Å². The van der Waals surface area contributed by atoms with E-state index in [9.17, 15) is 9.59 Å². The molecule has 0 aliphatic carbocycles. The smallest absolute Gasteiger partial charge is 0.253 e. The number of hydrogen-bond donors (Lipinski definition) is 2. The summed E-state index contributed by atoms with van der Waals surface area (Å²) in [6.45, 7) is 11.5. The van der Waals surface area contributed by atoms with Gasteiger partial charge in [-0.1, -0.05) is 0 Å². The third-order valence-electron chi connectivity index (χ3n) is 6.22. The van der Waals surface area contributed by atoms with Gasteiger partial charge in [0.15, 0.2) is 0 Å². The Labute approximate surface area is 296 Å². The van der Waals surface area contributed by atoms with E-state index in [0.29, 0.717) is 159 Å². The zero-order valence-electron chi connectivity index (χ0n) is 29.7. The third-order valence-corrected chi connectivity index (χ3v) is 6.22. The number of ether oxygens (including phenoxy) is 12. The number of nitrogens with two attached hydrogens (primary N) is 2. The molecule has 1 aliphatic rings. The Bertz CT molecular complexity index is 853. The van der Waals surface area contributed by atoms with Crippen LogP contribution in [0.4, 0.5) is 0 Å². The van der Waals surface area contributed by atoms with Crippen LogP contribution in [0.1, 0.15) is 0 Å². The average molecular weight is 725 g/mol. The van der Waals surface area contributed by atoms with Gasteiger partial charge in [0.25, 0.3) is 11.8 Å². The first-order valence-electron chi connectivity index (χ1n) is 16.9. The van der Waals surface area contributed by atoms with Crippen molar-refractivity contribution in [2.24, 2.45) is 11.6 Å². The lowest BCUT2D eigenvalue weighted by atomic mass is 10.4. The Morgan fingerprint density at radius 3 is 1.06 bits per heavy atom. The summed E-state index contributed by atoms with van der Waals surface area (Å²) in [5, 5.41) is 1.34. The van der Waals surface area contributed by atoms with Crippen LogP contribution in [0, 0.1) is 0 Å². The minimum atomic E-state index is -0.400. The number of rotatable bonds is 39. The highest BCUT2D eigenvalue weighted by molar-refractivity contribution is 6.13. The summed E-state index contributed by atoms with van der Waals surface area (Å²) in [5.74, 6) is 5.05. The lowest BCUT2D eigenvalue weighted by molar-refractivity contribution is -0.136. The quantitative estimate of drug-likeness (QED) is 0.0328. The van der Waals surface area contributed by atoms with Crippen LogP contribution in [0.5, 0.6) is 0 Å². The van der Waals surface area contributed by atoms with E-state index in [2.05, 4.69) is 0 Å². The monoisotopic (exact) mass is 724 g/mol. The fraction of sp³-hybridized carbons (Fsp3) is 0.812. The van der Waals surface area contributed by atoms with Gasteiger partial charge >= 0.3 is 0 Å². The Morgan fingerprint density at radius 2 is 0.780 bits per heavy atom. The first kappa shape index (κ1) is 45.7. The van der Waals surface area contributed by atoms with Crippen molar-refractivity contribution in [2.45, 2.75) is 0 Å². The molecule has 292 valence electrons. The molecule has 0 radical (unpaired) electrons. The molecule has 0 aromatic rings. The van der Waals surface area contributed by atoms with E-state index >= 15 is 0 Å². The van der Waals surface area contributed by atoms with Gasteiger partial charge in [0.05, 0.1) is 165 Å². The molecule has 50 heavy (non-hydrogen) atoms. The summed E-state index contributed by atoms with van der Waals surface area (Å²) < 4.78 is 64.8. The zero-order chi connectivity index (χ0) is 36.2. The van der Waals surface area contributed by atoms with Crippen LogP contribution in [0.2, 0.25) is 0 Å². The number of carbonyl (C=O) groups is 2. The SMILES string of the molecule is COCCOCCOCCOCCOCCOCCOCCOCCOCCOCCOCCOCCN(N)/C=C(\N)CN1C(=O)C=CC1=O. The Hall–Kier alpha value is -2.30.